The highest BCUT2D eigenvalue weighted by molar-refractivity contribution is 5.81. The molecule has 0 aromatic heterocycles. The predicted molar refractivity (Wildman–Crippen MR) is 87.6 cm³/mol. The van der Waals surface area contributed by atoms with Gasteiger partial charge in [0.2, 0.25) is 0 Å². The Bertz CT molecular complexity index is 835. The van der Waals surface area contributed by atoms with E-state index in [4.69, 9.17) is 9.47 Å². The van der Waals surface area contributed by atoms with Crippen molar-refractivity contribution in [1.82, 2.24) is 0 Å². The number of benzene rings is 3. The zero-order chi connectivity index (χ0) is 14.8. The van der Waals surface area contributed by atoms with Crippen LogP contribution in [0.15, 0.2) is 84.8 Å². The summed E-state index contributed by atoms with van der Waals surface area (Å²) in [5.74, 6) is 2.03. The topological polar surface area (TPSA) is 18.5 Å². The average Bonchev–Trinajstić information content (AvgIpc) is 2.72. The Balaban J connectivity index is 1.81. The summed E-state index contributed by atoms with van der Waals surface area (Å²) in [6, 6.07) is 25.9. The lowest BCUT2D eigenvalue weighted by molar-refractivity contribution is 0.233. The first kappa shape index (κ1) is 12.7. The molecule has 3 aromatic carbocycles. The summed E-state index contributed by atoms with van der Waals surface area (Å²) in [6.07, 6.45) is 1.93. The number of ether oxygens (including phenoxy) is 2. The van der Waals surface area contributed by atoms with Crippen LogP contribution in [0.5, 0.6) is 11.5 Å². The zero-order valence-electron chi connectivity index (χ0n) is 11.9. The summed E-state index contributed by atoms with van der Waals surface area (Å²) >= 11 is 0. The van der Waals surface area contributed by atoms with E-state index in [1.807, 2.05) is 66.7 Å². The van der Waals surface area contributed by atoms with E-state index in [-0.39, 0.29) is 0 Å². The Hall–Kier alpha value is -3.00. The molecule has 0 saturated heterocycles. The van der Waals surface area contributed by atoms with Crippen molar-refractivity contribution in [3.8, 4) is 22.6 Å². The quantitative estimate of drug-likeness (QED) is 0.650. The molecule has 4 rings (SSSR count). The third kappa shape index (κ3) is 2.35. The van der Waals surface area contributed by atoms with Crippen LogP contribution in [0.2, 0.25) is 0 Å². The van der Waals surface area contributed by atoms with Crippen LogP contribution >= 0.6 is 0 Å². The molecule has 0 atom stereocenters. The van der Waals surface area contributed by atoms with Gasteiger partial charge in [0.05, 0.1) is 0 Å². The molecule has 1 heterocycles. The molecule has 2 nitrogen and oxygen atoms in total. The molecule has 0 N–H and O–H groups in total. The summed E-state index contributed by atoms with van der Waals surface area (Å²) in [5.41, 5.74) is 3.30. The van der Waals surface area contributed by atoms with Crippen LogP contribution in [0, 0.1) is 0 Å². The monoisotopic (exact) mass is 286 g/mol. The first-order valence-electron chi connectivity index (χ1n) is 7.21. The maximum atomic E-state index is 5.98. The van der Waals surface area contributed by atoms with Gasteiger partial charge >= 0.3 is 0 Å². The minimum Gasteiger partial charge on any atom is -0.426 e. The minimum atomic E-state index is 0.476. The molecule has 3 aromatic rings. The molecule has 0 spiro atoms. The third-order valence-corrected chi connectivity index (χ3v) is 3.58. The SMILES string of the molecule is C1=C(Oc2ccccc2)Oc2ccccc2-c2ccccc21. The van der Waals surface area contributed by atoms with Gasteiger partial charge < -0.3 is 9.47 Å². The van der Waals surface area contributed by atoms with Crippen molar-refractivity contribution in [2.24, 2.45) is 0 Å². The van der Waals surface area contributed by atoms with Crippen molar-refractivity contribution in [3.05, 3.63) is 90.4 Å². The molecule has 106 valence electrons. The van der Waals surface area contributed by atoms with E-state index in [1.165, 1.54) is 0 Å². The summed E-state index contributed by atoms with van der Waals surface area (Å²) in [7, 11) is 0. The fourth-order valence-electron chi connectivity index (χ4n) is 2.57. The summed E-state index contributed by atoms with van der Waals surface area (Å²) in [5, 5.41) is 0. The van der Waals surface area contributed by atoms with Gasteiger partial charge in [-0.2, -0.15) is 0 Å². The summed E-state index contributed by atoms with van der Waals surface area (Å²) in [6.45, 7) is 0. The maximum absolute atomic E-state index is 5.98. The highest BCUT2D eigenvalue weighted by Crippen LogP contribution is 2.37. The molecule has 0 unspecified atom stereocenters. The van der Waals surface area contributed by atoms with Crippen LogP contribution in [-0.2, 0) is 0 Å². The maximum Gasteiger partial charge on any atom is 0.290 e. The van der Waals surface area contributed by atoms with Gasteiger partial charge in [-0.25, -0.2) is 0 Å². The standard InChI is InChI=1S/C20H14O2/c1-2-9-16(10-3-1)21-20-14-15-8-4-5-11-17(15)18-12-6-7-13-19(18)22-20/h1-14H. The van der Waals surface area contributed by atoms with E-state index in [0.29, 0.717) is 5.95 Å². The molecule has 0 aliphatic carbocycles. The van der Waals surface area contributed by atoms with Gasteiger partial charge in [-0.3, -0.25) is 0 Å². The van der Waals surface area contributed by atoms with Crippen LogP contribution in [0.4, 0.5) is 0 Å². The second-order valence-corrected chi connectivity index (χ2v) is 5.06. The Labute approximate surface area is 129 Å². The van der Waals surface area contributed by atoms with Crippen LogP contribution < -0.4 is 9.47 Å². The molecule has 0 saturated carbocycles. The number of fused-ring (bicyclic) bond motifs is 3. The van der Waals surface area contributed by atoms with Gasteiger partial charge in [0.25, 0.3) is 5.95 Å². The summed E-state index contributed by atoms with van der Waals surface area (Å²) in [4.78, 5) is 0. The Kier molecular flexibility index (Phi) is 3.13. The van der Waals surface area contributed by atoms with Crippen molar-refractivity contribution in [1.29, 1.82) is 0 Å². The number of hydrogen-bond acceptors (Lipinski definition) is 2. The average molecular weight is 286 g/mol. The highest BCUT2D eigenvalue weighted by Gasteiger charge is 2.16. The van der Waals surface area contributed by atoms with Crippen LogP contribution in [0.3, 0.4) is 0 Å². The van der Waals surface area contributed by atoms with Crippen molar-refractivity contribution in [2.45, 2.75) is 0 Å². The number of rotatable bonds is 2. The van der Waals surface area contributed by atoms with E-state index in [0.717, 1.165) is 28.2 Å². The fraction of sp³-hybridized carbons (Fsp3) is 0. The van der Waals surface area contributed by atoms with Crippen LogP contribution in [0.1, 0.15) is 5.56 Å². The van der Waals surface area contributed by atoms with E-state index in [9.17, 15) is 0 Å². The first-order valence-corrected chi connectivity index (χ1v) is 7.21. The molecule has 0 radical (unpaired) electrons. The van der Waals surface area contributed by atoms with Crippen molar-refractivity contribution >= 4 is 6.08 Å². The minimum absolute atomic E-state index is 0.476. The largest absolute Gasteiger partial charge is 0.426 e. The predicted octanol–water partition coefficient (Wildman–Crippen LogP) is 5.12. The molecular weight excluding hydrogens is 272 g/mol. The van der Waals surface area contributed by atoms with Gasteiger partial charge in [0, 0.05) is 11.6 Å². The van der Waals surface area contributed by atoms with Gasteiger partial charge in [-0.05, 0) is 29.3 Å². The molecular formula is C20H14O2. The summed E-state index contributed by atoms with van der Waals surface area (Å²) < 4.78 is 11.9. The molecule has 1 aliphatic rings. The van der Waals surface area contributed by atoms with Crippen LogP contribution in [-0.4, -0.2) is 0 Å². The smallest absolute Gasteiger partial charge is 0.290 e. The first-order chi connectivity index (χ1) is 10.9. The van der Waals surface area contributed by atoms with Crippen molar-refractivity contribution < 1.29 is 9.47 Å². The number of hydrogen-bond donors (Lipinski definition) is 0. The molecule has 22 heavy (non-hydrogen) atoms. The lowest BCUT2D eigenvalue weighted by Gasteiger charge is -2.11. The molecule has 0 fully saturated rings. The second kappa shape index (κ2) is 5.41. The third-order valence-electron chi connectivity index (χ3n) is 3.58. The van der Waals surface area contributed by atoms with Crippen molar-refractivity contribution in [3.63, 3.8) is 0 Å². The van der Waals surface area contributed by atoms with Crippen molar-refractivity contribution in [2.75, 3.05) is 0 Å². The van der Waals surface area contributed by atoms with E-state index < -0.39 is 0 Å². The zero-order valence-corrected chi connectivity index (χ0v) is 11.9. The Morgan fingerprint density at radius 2 is 1.32 bits per heavy atom. The van der Waals surface area contributed by atoms with Crippen LogP contribution in [0.25, 0.3) is 17.2 Å². The Morgan fingerprint density at radius 3 is 2.18 bits per heavy atom. The molecule has 2 heteroatoms. The van der Waals surface area contributed by atoms with Gasteiger partial charge in [-0.1, -0.05) is 60.7 Å². The fourth-order valence-corrected chi connectivity index (χ4v) is 2.57. The van der Waals surface area contributed by atoms with Gasteiger partial charge in [0.1, 0.15) is 11.5 Å². The van der Waals surface area contributed by atoms with Gasteiger partial charge in [-0.15, -0.1) is 0 Å². The lowest BCUT2D eigenvalue weighted by Crippen LogP contribution is -2.02. The Morgan fingerprint density at radius 1 is 0.636 bits per heavy atom. The normalized spacial score (nSPS) is 12.3. The highest BCUT2D eigenvalue weighted by atomic mass is 16.7. The van der Waals surface area contributed by atoms with E-state index in [1.54, 1.807) is 0 Å². The lowest BCUT2D eigenvalue weighted by atomic mass is 9.99. The van der Waals surface area contributed by atoms with E-state index in [2.05, 4.69) is 18.2 Å². The second-order valence-electron chi connectivity index (χ2n) is 5.06. The molecule has 1 aliphatic heterocycles. The molecule has 0 bridgehead atoms. The molecule has 0 amide bonds. The van der Waals surface area contributed by atoms with E-state index >= 15 is 0 Å². The van der Waals surface area contributed by atoms with Gasteiger partial charge in [0.15, 0.2) is 0 Å². The number of para-hydroxylation sites is 2.